The highest BCUT2D eigenvalue weighted by atomic mass is 16.5. The summed E-state index contributed by atoms with van der Waals surface area (Å²) in [6.07, 6.45) is 5.96. The van der Waals surface area contributed by atoms with Crippen LogP contribution >= 0.6 is 0 Å². The second-order valence-electron chi connectivity index (χ2n) is 8.71. The van der Waals surface area contributed by atoms with Crippen molar-refractivity contribution >= 4 is 23.6 Å². The molecule has 3 aliphatic rings. The third-order valence-corrected chi connectivity index (χ3v) is 6.80. The molecule has 0 unspecified atom stereocenters. The number of hydrogen-bond acceptors (Lipinski definition) is 6. The first-order chi connectivity index (χ1) is 14.5. The van der Waals surface area contributed by atoms with Crippen molar-refractivity contribution in [2.24, 2.45) is 5.41 Å². The number of hydrogen-bond donors (Lipinski definition) is 2. The van der Waals surface area contributed by atoms with E-state index in [1.807, 2.05) is 15.8 Å². The Morgan fingerprint density at radius 3 is 2.70 bits per heavy atom. The number of amides is 1. The zero-order valence-corrected chi connectivity index (χ0v) is 16.8. The van der Waals surface area contributed by atoms with E-state index in [2.05, 4.69) is 5.10 Å². The first-order valence-electron chi connectivity index (χ1n) is 10.4. The van der Waals surface area contributed by atoms with E-state index in [1.165, 1.54) is 6.21 Å². The second kappa shape index (κ2) is 7.05. The van der Waals surface area contributed by atoms with Gasteiger partial charge in [-0.15, -0.1) is 0 Å². The van der Waals surface area contributed by atoms with Gasteiger partial charge < -0.3 is 20.8 Å². The SMILES string of the molecule is N=Cc1cc(C(=O)N2CCC3(CC2)CC(=O)c2c(cnn2C2COC2)C3)ccc1N. The molecule has 0 atom stereocenters. The van der Waals surface area contributed by atoms with Gasteiger partial charge in [0.05, 0.1) is 25.5 Å². The molecule has 0 bridgehead atoms. The molecule has 1 spiro atoms. The second-order valence-corrected chi connectivity index (χ2v) is 8.71. The Labute approximate surface area is 174 Å². The first-order valence-corrected chi connectivity index (χ1v) is 10.4. The molecule has 3 heterocycles. The van der Waals surface area contributed by atoms with Gasteiger partial charge in [0.1, 0.15) is 5.69 Å². The van der Waals surface area contributed by atoms with Crippen LogP contribution in [0.4, 0.5) is 5.69 Å². The predicted octanol–water partition coefficient (Wildman–Crippen LogP) is 2.09. The zero-order valence-electron chi connectivity index (χ0n) is 16.8. The molecule has 30 heavy (non-hydrogen) atoms. The lowest BCUT2D eigenvalue weighted by atomic mass is 9.67. The lowest BCUT2D eigenvalue weighted by Crippen LogP contribution is -2.46. The van der Waals surface area contributed by atoms with Gasteiger partial charge in [-0.05, 0) is 42.9 Å². The van der Waals surface area contributed by atoms with Crippen LogP contribution in [-0.2, 0) is 11.2 Å². The lowest BCUT2D eigenvalue weighted by Gasteiger charge is -2.43. The summed E-state index contributed by atoms with van der Waals surface area (Å²) in [5.41, 5.74) is 9.12. The number of benzene rings is 1. The van der Waals surface area contributed by atoms with E-state index in [0.29, 0.717) is 49.5 Å². The molecule has 1 aromatic heterocycles. The molecule has 3 N–H and O–H groups in total. The number of ether oxygens (including phenoxy) is 1. The van der Waals surface area contributed by atoms with Gasteiger partial charge in [0, 0.05) is 48.1 Å². The van der Waals surface area contributed by atoms with E-state index >= 15 is 0 Å². The minimum Gasteiger partial charge on any atom is -0.398 e. The standard InChI is InChI=1S/C22H25N5O3/c23-10-15-7-14(1-2-18(15)24)21(29)26-5-3-22(4-6-26)8-16-11-25-27(17-12-30-13-17)20(16)19(28)9-22/h1-2,7,10-11,17,23H,3-6,8-9,12-13,24H2. The summed E-state index contributed by atoms with van der Waals surface area (Å²) in [4.78, 5) is 27.8. The summed E-state index contributed by atoms with van der Waals surface area (Å²) < 4.78 is 7.11. The van der Waals surface area contributed by atoms with Crippen LogP contribution in [0.3, 0.4) is 0 Å². The minimum absolute atomic E-state index is 0.0476. The van der Waals surface area contributed by atoms with Gasteiger partial charge in [-0.2, -0.15) is 5.10 Å². The Morgan fingerprint density at radius 1 is 1.27 bits per heavy atom. The molecule has 1 aliphatic carbocycles. The van der Waals surface area contributed by atoms with Gasteiger partial charge >= 0.3 is 0 Å². The van der Waals surface area contributed by atoms with Crippen LogP contribution in [0.15, 0.2) is 24.4 Å². The third kappa shape index (κ3) is 3.02. The molecule has 2 fully saturated rings. The Hall–Kier alpha value is -3.00. The van der Waals surface area contributed by atoms with Gasteiger partial charge in [0.25, 0.3) is 5.91 Å². The van der Waals surface area contributed by atoms with Crippen molar-refractivity contribution in [3.05, 3.63) is 46.8 Å². The number of nitrogens with zero attached hydrogens (tertiary/aromatic N) is 3. The van der Waals surface area contributed by atoms with Gasteiger partial charge in [0.15, 0.2) is 5.78 Å². The molecule has 1 amide bonds. The Morgan fingerprint density at radius 2 is 2.03 bits per heavy atom. The number of nitrogen functional groups attached to an aromatic ring is 1. The average Bonchev–Trinajstić information content (AvgIpc) is 3.10. The van der Waals surface area contributed by atoms with Gasteiger partial charge in [0.2, 0.25) is 0 Å². The molecule has 156 valence electrons. The van der Waals surface area contributed by atoms with Gasteiger partial charge in [-0.1, -0.05) is 0 Å². The molecule has 8 heteroatoms. The monoisotopic (exact) mass is 407 g/mol. The number of piperidine rings is 1. The van der Waals surface area contributed by atoms with E-state index in [-0.39, 0.29) is 23.1 Å². The predicted molar refractivity (Wildman–Crippen MR) is 111 cm³/mol. The number of nitrogens with one attached hydrogen (secondary N) is 1. The van der Waals surface area contributed by atoms with E-state index in [4.69, 9.17) is 15.9 Å². The lowest BCUT2D eigenvalue weighted by molar-refractivity contribution is -0.0297. The Balaban J connectivity index is 1.30. The van der Waals surface area contributed by atoms with E-state index < -0.39 is 0 Å². The third-order valence-electron chi connectivity index (χ3n) is 6.80. The minimum atomic E-state index is -0.0912. The van der Waals surface area contributed by atoms with Crippen LogP contribution in [0.5, 0.6) is 0 Å². The number of anilines is 1. The fourth-order valence-corrected chi connectivity index (χ4v) is 4.92. The van der Waals surface area contributed by atoms with Crippen molar-refractivity contribution in [3.63, 3.8) is 0 Å². The smallest absolute Gasteiger partial charge is 0.253 e. The number of ketones is 1. The number of rotatable bonds is 3. The molecule has 0 radical (unpaired) electrons. The molecule has 1 aromatic carbocycles. The van der Waals surface area contributed by atoms with E-state index in [1.54, 1.807) is 18.2 Å². The van der Waals surface area contributed by atoms with Gasteiger partial charge in [-0.3, -0.25) is 14.3 Å². The summed E-state index contributed by atoms with van der Waals surface area (Å²) in [7, 11) is 0. The maximum atomic E-state index is 13.0. The molecule has 5 rings (SSSR count). The van der Waals surface area contributed by atoms with Crippen LogP contribution in [0.1, 0.15) is 57.3 Å². The zero-order chi connectivity index (χ0) is 20.9. The molecular weight excluding hydrogens is 382 g/mol. The molecule has 2 saturated heterocycles. The average molecular weight is 407 g/mol. The van der Waals surface area contributed by atoms with Crippen molar-refractivity contribution < 1.29 is 14.3 Å². The van der Waals surface area contributed by atoms with Crippen molar-refractivity contribution in [1.29, 1.82) is 5.41 Å². The van der Waals surface area contributed by atoms with Crippen molar-refractivity contribution in [1.82, 2.24) is 14.7 Å². The highest BCUT2D eigenvalue weighted by Gasteiger charge is 2.44. The number of Topliss-reactive ketones (excluding diaryl/α,β-unsaturated/α-hetero) is 1. The van der Waals surface area contributed by atoms with E-state index in [0.717, 1.165) is 30.5 Å². The first kappa shape index (κ1) is 19.0. The van der Waals surface area contributed by atoms with Crippen molar-refractivity contribution in [2.45, 2.75) is 31.7 Å². The Kier molecular flexibility index (Phi) is 4.47. The van der Waals surface area contributed by atoms with Crippen LogP contribution in [0.2, 0.25) is 0 Å². The quantitative estimate of drug-likeness (QED) is 0.597. The molecule has 2 aromatic rings. The maximum absolute atomic E-state index is 13.0. The highest BCUT2D eigenvalue weighted by molar-refractivity contribution is 5.98. The number of likely N-dealkylation sites (tertiary alicyclic amines) is 1. The largest absolute Gasteiger partial charge is 0.398 e. The Bertz CT molecular complexity index is 1030. The molecule has 0 saturated carbocycles. The summed E-state index contributed by atoms with van der Waals surface area (Å²) >= 11 is 0. The van der Waals surface area contributed by atoms with Crippen LogP contribution in [-0.4, -0.2) is 58.9 Å². The van der Waals surface area contributed by atoms with Crippen LogP contribution < -0.4 is 5.73 Å². The van der Waals surface area contributed by atoms with Gasteiger partial charge in [-0.25, -0.2) is 0 Å². The van der Waals surface area contributed by atoms with Crippen molar-refractivity contribution in [3.8, 4) is 0 Å². The van der Waals surface area contributed by atoms with Crippen LogP contribution in [0.25, 0.3) is 0 Å². The van der Waals surface area contributed by atoms with Crippen LogP contribution in [0, 0.1) is 10.8 Å². The number of carbonyl (C=O) groups excluding carboxylic acids is 2. The summed E-state index contributed by atoms with van der Waals surface area (Å²) in [6, 6.07) is 5.23. The number of aromatic nitrogens is 2. The highest BCUT2D eigenvalue weighted by Crippen LogP contribution is 2.44. The molecule has 2 aliphatic heterocycles. The summed E-state index contributed by atoms with van der Waals surface area (Å²) in [6.45, 7) is 2.48. The summed E-state index contributed by atoms with van der Waals surface area (Å²) in [5.74, 6) is 0.114. The topological polar surface area (TPSA) is 114 Å². The molecule has 8 nitrogen and oxygen atoms in total. The number of nitrogens with two attached hydrogens (primary N) is 1. The van der Waals surface area contributed by atoms with E-state index in [9.17, 15) is 9.59 Å². The maximum Gasteiger partial charge on any atom is 0.253 e. The fourth-order valence-electron chi connectivity index (χ4n) is 4.92. The van der Waals surface area contributed by atoms with Crippen molar-refractivity contribution in [2.75, 3.05) is 32.0 Å². The number of fused-ring (bicyclic) bond motifs is 1. The molecular formula is C22H25N5O3. The fraction of sp³-hybridized carbons (Fsp3) is 0.455. The number of carbonyl (C=O) groups is 2. The normalized spacial score (nSPS) is 20.7. The summed E-state index contributed by atoms with van der Waals surface area (Å²) in [5, 5.41) is 11.9.